The van der Waals surface area contributed by atoms with E-state index in [-0.39, 0.29) is 5.41 Å². The molecule has 0 saturated heterocycles. The fraction of sp³-hybridized carbons (Fsp3) is 0.917. The normalized spacial score (nSPS) is 17.5. The van der Waals surface area contributed by atoms with E-state index in [1.165, 1.54) is 19.3 Å². The van der Waals surface area contributed by atoms with Gasteiger partial charge in [-0.3, -0.25) is 5.41 Å². The zero-order chi connectivity index (χ0) is 11.3. The van der Waals surface area contributed by atoms with E-state index in [0.29, 0.717) is 11.9 Å². The van der Waals surface area contributed by atoms with Crippen molar-refractivity contribution in [3.63, 3.8) is 0 Å². The highest BCUT2D eigenvalue weighted by molar-refractivity contribution is 5.82. The van der Waals surface area contributed by atoms with Gasteiger partial charge < -0.3 is 10.5 Å². The summed E-state index contributed by atoms with van der Waals surface area (Å²) in [7, 11) is 0. The average molecular weight is 212 g/mol. The van der Waals surface area contributed by atoms with Crippen LogP contribution in [0.2, 0.25) is 0 Å². The molecule has 1 saturated carbocycles. The quantitative estimate of drug-likeness (QED) is 0.387. The predicted octanol–water partition coefficient (Wildman–Crippen LogP) is 2.69. The van der Waals surface area contributed by atoms with Crippen LogP contribution in [0.4, 0.5) is 0 Å². The van der Waals surface area contributed by atoms with Crippen LogP contribution in [0.3, 0.4) is 0 Å². The molecule has 3 N–H and O–H groups in total. The molecule has 0 aliphatic heterocycles. The minimum absolute atomic E-state index is 0.142. The van der Waals surface area contributed by atoms with Gasteiger partial charge in [-0.05, 0) is 32.1 Å². The largest absolute Gasteiger partial charge is 0.387 e. The first kappa shape index (κ1) is 12.5. The monoisotopic (exact) mass is 212 g/mol. The van der Waals surface area contributed by atoms with E-state index in [2.05, 4.69) is 0 Å². The fourth-order valence-corrected chi connectivity index (χ4v) is 1.59. The second-order valence-electron chi connectivity index (χ2n) is 5.18. The summed E-state index contributed by atoms with van der Waals surface area (Å²) in [6.07, 6.45) is 7.55. The lowest BCUT2D eigenvalue weighted by Gasteiger charge is -2.26. The number of rotatable bonds is 7. The molecule has 88 valence electrons. The van der Waals surface area contributed by atoms with E-state index in [1.54, 1.807) is 0 Å². The molecule has 0 heterocycles. The minimum atomic E-state index is -0.142. The number of nitrogens with two attached hydrogens (primary N) is 1. The zero-order valence-corrected chi connectivity index (χ0v) is 10.0. The molecule has 0 atom stereocenters. The van der Waals surface area contributed by atoms with Crippen molar-refractivity contribution >= 4 is 5.84 Å². The molecular formula is C12H24N2O. The Morgan fingerprint density at radius 3 is 2.53 bits per heavy atom. The molecule has 0 aromatic rings. The standard InChI is InChI=1S/C12H24N2O/c1-12(2,11(13)14)8-3-4-9-15-10-6-5-7-10/h10H,3-9H2,1-2H3,(H3,13,14). The summed E-state index contributed by atoms with van der Waals surface area (Å²) >= 11 is 0. The van der Waals surface area contributed by atoms with Gasteiger partial charge in [0.25, 0.3) is 0 Å². The summed E-state index contributed by atoms with van der Waals surface area (Å²) in [5.41, 5.74) is 5.37. The molecule has 3 nitrogen and oxygen atoms in total. The Morgan fingerprint density at radius 1 is 1.40 bits per heavy atom. The Balaban J connectivity index is 1.98. The van der Waals surface area contributed by atoms with Crippen LogP contribution in [-0.2, 0) is 4.74 Å². The first-order valence-corrected chi connectivity index (χ1v) is 5.98. The molecule has 1 fully saturated rings. The number of unbranched alkanes of at least 4 members (excludes halogenated alkanes) is 1. The second-order valence-corrected chi connectivity index (χ2v) is 5.18. The van der Waals surface area contributed by atoms with Crippen LogP contribution in [0, 0.1) is 10.8 Å². The van der Waals surface area contributed by atoms with Crippen molar-refractivity contribution in [2.45, 2.75) is 58.5 Å². The van der Waals surface area contributed by atoms with Gasteiger partial charge in [-0.1, -0.05) is 20.3 Å². The van der Waals surface area contributed by atoms with E-state index in [1.807, 2.05) is 13.8 Å². The second kappa shape index (κ2) is 5.50. The summed E-state index contributed by atoms with van der Waals surface area (Å²) in [5, 5.41) is 7.43. The summed E-state index contributed by atoms with van der Waals surface area (Å²) in [4.78, 5) is 0. The number of ether oxygens (including phenoxy) is 1. The number of hydrogen-bond donors (Lipinski definition) is 2. The van der Waals surface area contributed by atoms with Crippen molar-refractivity contribution in [3.05, 3.63) is 0 Å². The van der Waals surface area contributed by atoms with Crippen molar-refractivity contribution in [1.29, 1.82) is 5.41 Å². The van der Waals surface area contributed by atoms with Gasteiger partial charge in [0.2, 0.25) is 0 Å². The molecule has 1 aliphatic rings. The van der Waals surface area contributed by atoms with E-state index in [4.69, 9.17) is 15.9 Å². The van der Waals surface area contributed by atoms with Crippen LogP contribution < -0.4 is 5.73 Å². The highest BCUT2D eigenvalue weighted by Gasteiger charge is 2.21. The third-order valence-corrected chi connectivity index (χ3v) is 3.33. The Labute approximate surface area is 92.9 Å². The lowest BCUT2D eigenvalue weighted by atomic mass is 9.86. The fourth-order valence-electron chi connectivity index (χ4n) is 1.59. The predicted molar refractivity (Wildman–Crippen MR) is 63.1 cm³/mol. The molecule has 0 aromatic carbocycles. The molecule has 1 rings (SSSR count). The van der Waals surface area contributed by atoms with Crippen molar-refractivity contribution in [3.8, 4) is 0 Å². The molecule has 3 heteroatoms. The Hall–Kier alpha value is -0.570. The lowest BCUT2D eigenvalue weighted by Crippen LogP contribution is -2.30. The Morgan fingerprint density at radius 2 is 2.07 bits per heavy atom. The molecule has 0 radical (unpaired) electrons. The number of hydrogen-bond acceptors (Lipinski definition) is 2. The molecule has 0 amide bonds. The van der Waals surface area contributed by atoms with E-state index >= 15 is 0 Å². The highest BCUT2D eigenvalue weighted by Crippen LogP contribution is 2.24. The van der Waals surface area contributed by atoms with Gasteiger partial charge in [-0.2, -0.15) is 0 Å². The number of amidine groups is 1. The van der Waals surface area contributed by atoms with Crippen molar-refractivity contribution in [2.24, 2.45) is 11.1 Å². The maximum Gasteiger partial charge on any atom is 0.0963 e. The molecular weight excluding hydrogens is 188 g/mol. The van der Waals surface area contributed by atoms with E-state index in [9.17, 15) is 0 Å². The van der Waals surface area contributed by atoms with Crippen LogP contribution >= 0.6 is 0 Å². The third kappa shape index (κ3) is 4.20. The first-order valence-electron chi connectivity index (χ1n) is 5.98. The van der Waals surface area contributed by atoms with Crippen LogP contribution in [0.1, 0.15) is 52.4 Å². The van der Waals surface area contributed by atoms with Crippen LogP contribution in [0.5, 0.6) is 0 Å². The molecule has 1 aliphatic carbocycles. The van der Waals surface area contributed by atoms with Gasteiger partial charge in [-0.25, -0.2) is 0 Å². The molecule has 0 spiro atoms. The topological polar surface area (TPSA) is 59.1 Å². The zero-order valence-electron chi connectivity index (χ0n) is 10.0. The van der Waals surface area contributed by atoms with E-state index < -0.39 is 0 Å². The SMILES string of the molecule is CC(C)(CCCCOC1CCC1)C(=N)N. The van der Waals surface area contributed by atoms with Gasteiger partial charge in [-0.15, -0.1) is 0 Å². The Kier molecular flexibility index (Phi) is 4.58. The minimum Gasteiger partial charge on any atom is -0.387 e. The summed E-state index contributed by atoms with van der Waals surface area (Å²) in [6.45, 7) is 4.93. The lowest BCUT2D eigenvalue weighted by molar-refractivity contribution is 0.000255. The highest BCUT2D eigenvalue weighted by atomic mass is 16.5. The maximum atomic E-state index is 7.43. The first-order chi connectivity index (χ1) is 7.02. The third-order valence-electron chi connectivity index (χ3n) is 3.33. The van der Waals surface area contributed by atoms with Gasteiger partial charge in [0.15, 0.2) is 0 Å². The van der Waals surface area contributed by atoms with Crippen molar-refractivity contribution in [1.82, 2.24) is 0 Å². The molecule has 0 aromatic heterocycles. The molecule has 0 bridgehead atoms. The van der Waals surface area contributed by atoms with Gasteiger partial charge in [0.05, 0.1) is 11.9 Å². The van der Waals surface area contributed by atoms with Crippen molar-refractivity contribution in [2.75, 3.05) is 6.61 Å². The van der Waals surface area contributed by atoms with Crippen LogP contribution in [0.15, 0.2) is 0 Å². The van der Waals surface area contributed by atoms with Crippen molar-refractivity contribution < 1.29 is 4.74 Å². The van der Waals surface area contributed by atoms with Gasteiger partial charge in [0.1, 0.15) is 0 Å². The average Bonchev–Trinajstić information content (AvgIpc) is 2.07. The summed E-state index contributed by atoms with van der Waals surface area (Å²) in [6, 6.07) is 0. The number of nitrogens with one attached hydrogen (secondary N) is 1. The Bertz CT molecular complexity index is 210. The van der Waals surface area contributed by atoms with Gasteiger partial charge in [0, 0.05) is 12.0 Å². The smallest absolute Gasteiger partial charge is 0.0963 e. The summed E-state index contributed by atoms with van der Waals surface area (Å²) in [5.74, 6) is 0.294. The van der Waals surface area contributed by atoms with Gasteiger partial charge >= 0.3 is 0 Å². The maximum absolute atomic E-state index is 7.43. The molecule has 15 heavy (non-hydrogen) atoms. The van der Waals surface area contributed by atoms with Crippen LogP contribution in [0.25, 0.3) is 0 Å². The van der Waals surface area contributed by atoms with Crippen LogP contribution in [-0.4, -0.2) is 18.5 Å². The molecule has 0 unspecified atom stereocenters. The summed E-state index contributed by atoms with van der Waals surface area (Å²) < 4.78 is 5.67. The van der Waals surface area contributed by atoms with E-state index in [0.717, 1.165) is 25.9 Å².